The summed E-state index contributed by atoms with van der Waals surface area (Å²) >= 11 is 12.9. The Hall–Kier alpha value is -2.48. The quantitative estimate of drug-likeness (QED) is 0.304. The molecular weight excluding hydrogens is 414 g/mol. The van der Waals surface area contributed by atoms with Crippen molar-refractivity contribution in [2.75, 3.05) is 17.2 Å². The Morgan fingerprint density at radius 3 is 2.64 bits per heavy atom. The number of anilines is 2. The Balaban J connectivity index is 1.95. The van der Waals surface area contributed by atoms with Gasteiger partial charge in [0.05, 0.1) is 12.3 Å². The number of carbonyl (C=O) groups is 1. The first-order valence-corrected chi connectivity index (χ1v) is 10.2. The summed E-state index contributed by atoms with van der Waals surface area (Å²) in [5.74, 6) is -0.393. The minimum absolute atomic E-state index is 0.287. The van der Waals surface area contributed by atoms with Crippen molar-refractivity contribution in [1.82, 2.24) is 4.98 Å². The second-order valence-electron chi connectivity index (χ2n) is 5.74. The van der Waals surface area contributed by atoms with Gasteiger partial charge in [0.15, 0.2) is 10.3 Å². The zero-order valence-electron chi connectivity index (χ0n) is 15.3. The Kier molecular flexibility index (Phi) is 6.61. The number of pyridine rings is 1. The highest BCUT2D eigenvalue weighted by Crippen LogP contribution is 2.40. The molecule has 0 atom stereocenters. The first-order chi connectivity index (χ1) is 13.5. The molecule has 0 saturated heterocycles. The molecule has 0 fully saturated rings. The molecule has 3 aromatic rings. The van der Waals surface area contributed by atoms with Crippen molar-refractivity contribution in [3.05, 3.63) is 64.3 Å². The lowest BCUT2D eigenvalue weighted by Crippen LogP contribution is -2.20. The number of thiocarbonyl (C=S) groups is 1. The van der Waals surface area contributed by atoms with E-state index in [-0.39, 0.29) is 6.61 Å². The van der Waals surface area contributed by atoms with Gasteiger partial charge < -0.3 is 15.4 Å². The van der Waals surface area contributed by atoms with Crippen LogP contribution in [0.2, 0.25) is 5.15 Å². The molecule has 0 aliphatic rings. The Labute approximate surface area is 177 Å². The summed E-state index contributed by atoms with van der Waals surface area (Å²) in [6, 6.07) is 13.3. The minimum atomic E-state index is -0.393. The lowest BCUT2D eigenvalue weighted by molar-refractivity contribution is 0.0529. The number of hydrogen-bond acceptors (Lipinski definition) is 5. The van der Waals surface area contributed by atoms with Gasteiger partial charge in [-0.25, -0.2) is 9.78 Å². The van der Waals surface area contributed by atoms with E-state index < -0.39 is 5.97 Å². The van der Waals surface area contributed by atoms with Gasteiger partial charge in [0.25, 0.3) is 0 Å². The number of aromatic nitrogens is 1. The maximum Gasteiger partial charge on any atom is 0.341 e. The molecule has 0 spiro atoms. The highest BCUT2D eigenvalue weighted by atomic mass is 35.5. The topological polar surface area (TPSA) is 63.2 Å². The number of halogens is 1. The van der Waals surface area contributed by atoms with Crippen LogP contribution in [0.5, 0.6) is 0 Å². The standard InChI is InChI=1S/C20H18ClN3O2S2/c1-3-26-19(25)16-15(13-8-5-4-6-9-13)12(2)28-18(16)24-20(27)23-14-10-7-11-22-17(14)21/h4-11H,3H2,1-2H3,(H2,23,24,27). The number of hydrogen-bond donors (Lipinski definition) is 2. The summed E-state index contributed by atoms with van der Waals surface area (Å²) in [6.45, 7) is 4.04. The van der Waals surface area contributed by atoms with E-state index in [9.17, 15) is 4.79 Å². The fourth-order valence-electron chi connectivity index (χ4n) is 2.72. The Morgan fingerprint density at radius 2 is 1.96 bits per heavy atom. The summed E-state index contributed by atoms with van der Waals surface area (Å²) < 4.78 is 5.30. The summed E-state index contributed by atoms with van der Waals surface area (Å²) in [4.78, 5) is 17.7. The third kappa shape index (κ3) is 4.49. The van der Waals surface area contributed by atoms with Crippen molar-refractivity contribution >= 4 is 56.9 Å². The van der Waals surface area contributed by atoms with Crippen molar-refractivity contribution in [1.29, 1.82) is 0 Å². The van der Waals surface area contributed by atoms with E-state index in [0.717, 1.165) is 16.0 Å². The molecule has 1 aromatic carbocycles. The lowest BCUT2D eigenvalue weighted by Gasteiger charge is -2.12. The number of rotatable bonds is 5. The second-order valence-corrected chi connectivity index (χ2v) is 7.74. The van der Waals surface area contributed by atoms with Crippen molar-refractivity contribution in [2.24, 2.45) is 0 Å². The van der Waals surface area contributed by atoms with E-state index in [1.54, 1.807) is 25.3 Å². The molecular formula is C20H18ClN3O2S2. The number of nitrogens with zero attached hydrogens (tertiary/aromatic N) is 1. The average Bonchev–Trinajstić information content (AvgIpc) is 3.00. The van der Waals surface area contributed by atoms with Crippen LogP contribution in [0.25, 0.3) is 11.1 Å². The molecule has 0 radical (unpaired) electrons. The van der Waals surface area contributed by atoms with E-state index in [0.29, 0.717) is 26.5 Å². The maximum atomic E-state index is 12.7. The number of carbonyl (C=O) groups excluding carboxylic acids is 1. The predicted molar refractivity (Wildman–Crippen MR) is 120 cm³/mol. The molecule has 2 aromatic heterocycles. The van der Waals surface area contributed by atoms with Crippen LogP contribution >= 0.6 is 35.2 Å². The van der Waals surface area contributed by atoms with Crippen molar-refractivity contribution in [3.8, 4) is 11.1 Å². The average molecular weight is 432 g/mol. The maximum absolute atomic E-state index is 12.7. The van der Waals surface area contributed by atoms with Gasteiger partial charge in [0.2, 0.25) is 0 Å². The van der Waals surface area contributed by atoms with Crippen LogP contribution in [-0.4, -0.2) is 22.7 Å². The van der Waals surface area contributed by atoms with Crippen LogP contribution in [0, 0.1) is 6.92 Å². The largest absolute Gasteiger partial charge is 0.462 e. The number of ether oxygens (including phenoxy) is 1. The van der Waals surface area contributed by atoms with E-state index in [1.807, 2.05) is 37.3 Å². The molecule has 28 heavy (non-hydrogen) atoms. The summed E-state index contributed by atoms with van der Waals surface area (Å²) in [7, 11) is 0. The molecule has 8 heteroatoms. The number of thiophene rings is 1. The molecule has 5 nitrogen and oxygen atoms in total. The van der Waals surface area contributed by atoms with Gasteiger partial charge in [-0.05, 0) is 43.8 Å². The summed E-state index contributed by atoms with van der Waals surface area (Å²) in [5.41, 5.74) is 2.84. The highest BCUT2D eigenvalue weighted by Gasteiger charge is 2.25. The molecule has 2 heterocycles. The van der Waals surface area contributed by atoms with Gasteiger partial charge in [-0.2, -0.15) is 0 Å². The van der Waals surface area contributed by atoms with E-state index in [2.05, 4.69) is 15.6 Å². The van der Waals surface area contributed by atoms with E-state index >= 15 is 0 Å². The molecule has 0 amide bonds. The van der Waals surface area contributed by atoms with Crippen LogP contribution in [0.3, 0.4) is 0 Å². The first kappa shape index (κ1) is 20.3. The normalized spacial score (nSPS) is 10.4. The SMILES string of the molecule is CCOC(=O)c1c(NC(=S)Nc2cccnc2Cl)sc(C)c1-c1ccccc1. The molecule has 0 aliphatic carbocycles. The Bertz CT molecular complexity index is 1010. The molecule has 0 unspecified atom stereocenters. The third-order valence-corrected chi connectivity index (χ3v) is 5.39. The van der Waals surface area contributed by atoms with Gasteiger partial charge in [-0.3, -0.25) is 0 Å². The second kappa shape index (κ2) is 9.14. The third-order valence-electron chi connectivity index (χ3n) is 3.86. The fourth-order valence-corrected chi connectivity index (χ4v) is 4.23. The molecule has 2 N–H and O–H groups in total. The molecule has 0 bridgehead atoms. The van der Waals surface area contributed by atoms with Gasteiger partial charge >= 0.3 is 5.97 Å². The van der Waals surface area contributed by atoms with Gasteiger partial charge in [0, 0.05) is 16.6 Å². The lowest BCUT2D eigenvalue weighted by atomic mass is 10.0. The van der Waals surface area contributed by atoms with Crippen LogP contribution in [0.1, 0.15) is 22.2 Å². The molecule has 0 aliphatic heterocycles. The van der Waals surface area contributed by atoms with Crippen LogP contribution in [0.15, 0.2) is 48.7 Å². The van der Waals surface area contributed by atoms with Crippen molar-refractivity contribution in [2.45, 2.75) is 13.8 Å². The van der Waals surface area contributed by atoms with Crippen molar-refractivity contribution < 1.29 is 9.53 Å². The monoisotopic (exact) mass is 431 g/mol. The van der Waals surface area contributed by atoms with E-state index in [4.69, 9.17) is 28.6 Å². The van der Waals surface area contributed by atoms with Crippen LogP contribution < -0.4 is 10.6 Å². The number of aryl methyl sites for hydroxylation is 1. The first-order valence-electron chi connectivity index (χ1n) is 8.55. The van der Waals surface area contributed by atoms with Crippen LogP contribution in [-0.2, 0) is 4.74 Å². The van der Waals surface area contributed by atoms with Crippen molar-refractivity contribution in [3.63, 3.8) is 0 Å². The fraction of sp³-hybridized carbons (Fsp3) is 0.150. The molecule has 0 saturated carbocycles. The van der Waals surface area contributed by atoms with Gasteiger partial charge in [-0.15, -0.1) is 11.3 Å². The highest BCUT2D eigenvalue weighted by molar-refractivity contribution is 7.80. The summed E-state index contributed by atoms with van der Waals surface area (Å²) in [5, 5.41) is 7.35. The smallest absolute Gasteiger partial charge is 0.341 e. The Morgan fingerprint density at radius 1 is 1.21 bits per heavy atom. The predicted octanol–water partition coefficient (Wildman–Crippen LogP) is 5.76. The number of benzene rings is 1. The number of nitrogens with one attached hydrogen (secondary N) is 2. The molecule has 144 valence electrons. The minimum Gasteiger partial charge on any atom is -0.462 e. The zero-order valence-corrected chi connectivity index (χ0v) is 17.7. The van der Waals surface area contributed by atoms with E-state index in [1.165, 1.54) is 11.3 Å². The summed E-state index contributed by atoms with van der Waals surface area (Å²) in [6.07, 6.45) is 1.59. The van der Waals surface area contributed by atoms with Gasteiger partial charge in [-0.1, -0.05) is 41.9 Å². The number of esters is 1. The zero-order chi connectivity index (χ0) is 20.1. The van der Waals surface area contributed by atoms with Crippen LogP contribution in [0.4, 0.5) is 10.7 Å². The molecule has 3 rings (SSSR count). The van der Waals surface area contributed by atoms with Gasteiger partial charge in [0.1, 0.15) is 10.6 Å².